The van der Waals surface area contributed by atoms with Gasteiger partial charge in [-0.3, -0.25) is 4.57 Å². The van der Waals surface area contributed by atoms with Crippen molar-refractivity contribution < 1.29 is 32.1 Å². The fourth-order valence-electron chi connectivity index (χ4n) is 2.57. The van der Waals surface area contributed by atoms with Gasteiger partial charge in [0, 0.05) is 13.1 Å². The zero-order chi connectivity index (χ0) is 20.1. The van der Waals surface area contributed by atoms with Crippen LogP contribution < -0.4 is 15.2 Å². The van der Waals surface area contributed by atoms with Crippen molar-refractivity contribution >= 4 is 0 Å². The Morgan fingerprint density at radius 2 is 1.96 bits per heavy atom. The molecule has 2 heterocycles. The number of halogens is 3. The quantitative estimate of drug-likeness (QED) is 0.740. The Bertz CT molecular complexity index is 846. The smallest absolute Gasteiger partial charge is 0.422 e. The largest absolute Gasteiger partial charge is 0.484 e. The molecule has 0 radical (unpaired) electrons. The molecule has 0 amide bonds. The third kappa shape index (κ3) is 5.46. The molecule has 2 aromatic rings. The molecule has 1 aromatic heterocycles. The normalized spacial score (nSPS) is 17.4. The Balaban J connectivity index is 1.73. The summed E-state index contributed by atoms with van der Waals surface area (Å²) < 4.78 is 59.0. The highest BCUT2D eigenvalue weighted by Gasteiger charge is 2.28. The third-order valence-electron chi connectivity index (χ3n) is 3.97. The Morgan fingerprint density at radius 3 is 2.61 bits per heavy atom. The fraction of sp³-hybridized carbons (Fsp3) is 0.444. The highest BCUT2D eigenvalue weighted by molar-refractivity contribution is 5.61. The number of alkyl halides is 3. The van der Waals surface area contributed by atoms with E-state index in [2.05, 4.69) is 9.72 Å². The molecule has 0 bridgehead atoms. The van der Waals surface area contributed by atoms with Gasteiger partial charge in [0.15, 0.2) is 6.61 Å². The van der Waals surface area contributed by atoms with Crippen LogP contribution in [0.5, 0.6) is 11.6 Å². The summed E-state index contributed by atoms with van der Waals surface area (Å²) in [4.78, 5) is 16.0. The topological polar surface area (TPSA) is 71.8 Å². The van der Waals surface area contributed by atoms with Gasteiger partial charge in [0.1, 0.15) is 18.5 Å². The Kier molecular flexibility index (Phi) is 6.20. The van der Waals surface area contributed by atoms with Crippen molar-refractivity contribution in [2.75, 3.05) is 33.0 Å². The molecule has 0 N–H and O–H groups in total. The van der Waals surface area contributed by atoms with Gasteiger partial charge in [-0.1, -0.05) is 0 Å². The van der Waals surface area contributed by atoms with E-state index in [9.17, 15) is 18.0 Å². The molecule has 1 saturated heterocycles. The molecular formula is C18H19F3N2O5. The first-order chi connectivity index (χ1) is 13.3. The van der Waals surface area contributed by atoms with E-state index in [1.165, 1.54) is 16.7 Å². The van der Waals surface area contributed by atoms with Gasteiger partial charge >= 0.3 is 11.9 Å². The molecular weight excluding hydrogens is 381 g/mol. The van der Waals surface area contributed by atoms with Crippen LogP contribution in [0.15, 0.2) is 35.1 Å². The average Bonchev–Trinajstić information content (AvgIpc) is 2.68. The van der Waals surface area contributed by atoms with Crippen molar-refractivity contribution in [3.63, 3.8) is 0 Å². The van der Waals surface area contributed by atoms with Gasteiger partial charge in [-0.15, -0.1) is 0 Å². The lowest BCUT2D eigenvalue weighted by Gasteiger charge is -2.22. The Hall–Kier alpha value is -2.59. The Morgan fingerprint density at radius 1 is 1.21 bits per heavy atom. The minimum atomic E-state index is -4.41. The van der Waals surface area contributed by atoms with Gasteiger partial charge in [0.05, 0.1) is 25.5 Å². The summed E-state index contributed by atoms with van der Waals surface area (Å²) in [5, 5.41) is 0. The lowest BCUT2D eigenvalue weighted by Crippen LogP contribution is -2.34. The third-order valence-corrected chi connectivity index (χ3v) is 3.97. The molecule has 1 aromatic carbocycles. The van der Waals surface area contributed by atoms with Gasteiger partial charge in [-0.2, -0.15) is 18.2 Å². The van der Waals surface area contributed by atoms with E-state index in [0.29, 0.717) is 31.1 Å². The van der Waals surface area contributed by atoms with Crippen molar-refractivity contribution in [1.29, 1.82) is 0 Å². The molecule has 10 heteroatoms. The first-order valence-corrected chi connectivity index (χ1v) is 8.52. The molecule has 0 spiro atoms. The van der Waals surface area contributed by atoms with Crippen LogP contribution in [0.25, 0.3) is 11.3 Å². The van der Waals surface area contributed by atoms with Gasteiger partial charge in [-0.05, 0) is 29.8 Å². The number of aromatic nitrogens is 2. The van der Waals surface area contributed by atoms with E-state index in [4.69, 9.17) is 14.2 Å². The minimum absolute atomic E-state index is 0.0750. The first kappa shape index (κ1) is 20.2. The van der Waals surface area contributed by atoms with Gasteiger partial charge in [-0.25, -0.2) is 4.79 Å². The standard InChI is InChI=1S/C18H19F3N2O5/c1-23-15(12-2-4-13(5-3-12)28-11-18(19,20)21)8-16(22-17(23)24)27-10-14-9-25-6-7-26-14/h2-5,8,14H,6-7,9-11H2,1H3/t14-/m1/s1. The molecule has 1 aliphatic rings. The molecule has 3 rings (SSSR count). The van der Waals surface area contributed by atoms with E-state index in [-0.39, 0.29) is 24.3 Å². The summed E-state index contributed by atoms with van der Waals surface area (Å²) in [6.07, 6.45) is -4.65. The molecule has 1 fully saturated rings. The van der Waals surface area contributed by atoms with Crippen LogP contribution in [0.1, 0.15) is 0 Å². The van der Waals surface area contributed by atoms with Crippen LogP contribution >= 0.6 is 0 Å². The molecule has 1 aliphatic heterocycles. The average molecular weight is 400 g/mol. The number of hydrogen-bond acceptors (Lipinski definition) is 6. The number of hydrogen-bond donors (Lipinski definition) is 0. The summed E-state index contributed by atoms with van der Waals surface area (Å²) in [6, 6.07) is 7.50. The summed E-state index contributed by atoms with van der Waals surface area (Å²) in [5.41, 5.74) is 0.576. The van der Waals surface area contributed by atoms with E-state index < -0.39 is 18.5 Å². The van der Waals surface area contributed by atoms with E-state index >= 15 is 0 Å². The summed E-state index contributed by atoms with van der Waals surface area (Å²) in [6.45, 7) is 0.228. The SMILES string of the molecule is Cn1c(-c2ccc(OCC(F)(F)F)cc2)cc(OC[C@H]2COCCO2)nc1=O. The molecule has 0 aliphatic carbocycles. The zero-order valence-corrected chi connectivity index (χ0v) is 15.1. The van der Waals surface area contributed by atoms with Crippen molar-refractivity contribution in [2.45, 2.75) is 12.3 Å². The maximum Gasteiger partial charge on any atom is 0.422 e. The van der Waals surface area contributed by atoms with E-state index in [0.717, 1.165) is 0 Å². The van der Waals surface area contributed by atoms with E-state index in [1.54, 1.807) is 25.2 Å². The molecule has 28 heavy (non-hydrogen) atoms. The fourth-order valence-corrected chi connectivity index (χ4v) is 2.57. The maximum absolute atomic E-state index is 12.2. The molecule has 0 unspecified atom stereocenters. The van der Waals surface area contributed by atoms with Crippen LogP contribution in [0.3, 0.4) is 0 Å². The molecule has 7 nitrogen and oxygen atoms in total. The summed E-state index contributed by atoms with van der Waals surface area (Å²) in [7, 11) is 1.54. The van der Waals surface area contributed by atoms with Crippen molar-refractivity contribution in [2.24, 2.45) is 7.05 Å². The Labute approximate surface area is 158 Å². The second-order valence-electron chi connectivity index (χ2n) is 6.13. The second kappa shape index (κ2) is 8.61. The highest BCUT2D eigenvalue weighted by Crippen LogP contribution is 2.25. The van der Waals surface area contributed by atoms with Gasteiger partial charge < -0.3 is 18.9 Å². The van der Waals surface area contributed by atoms with Crippen molar-refractivity contribution in [3.8, 4) is 22.9 Å². The zero-order valence-electron chi connectivity index (χ0n) is 15.1. The number of ether oxygens (including phenoxy) is 4. The molecule has 0 saturated carbocycles. The maximum atomic E-state index is 12.2. The van der Waals surface area contributed by atoms with Gasteiger partial charge in [0.2, 0.25) is 5.88 Å². The first-order valence-electron chi connectivity index (χ1n) is 8.52. The van der Waals surface area contributed by atoms with Crippen LogP contribution in [0, 0.1) is 0 Å². The molecule has 152 valence electrons. The van der Waals surface area contributed by atoms with Crippen LogP contribution in [0.2, 0.25) is 0 Å². The molecule has 1 atom stereocenters. The van der Waals surface area contributed by atoms with Gasteiger partial charge in [0.25, 0.3) is 0 Å². The number of rotatable bonds is 6. The van der Waals surface area contributed by atoms with Crippen LogP contribution in [-0.4, -0.2) is 54.9 Å². The number of nitrogens with zero attached hydrogens (tertiary/aromatic N) is 2. The van der Waals surface area contributed by atoms with Crippen LogP contribution in [-0.2, 0) is 16.5 Å². The van der Waals surface area contributed by atoms with Crippen molar-refractivity contribution in [1.82, 2.24) is 9.55 Å². The lowest BCUT2D eigenvalue weighted by molar-refractivity contribution is -0.153. The van der Waals surface area contributed by atoms with Crippen LogP contribution in [0.4, 0.5) is 13.2 Å². The summed E-state index contributed by atoms with van der Waals surface area (Å²) >= 11 is 0. The highest BCUT2D eigenvalue weighted by atomic mass is 19.4. The second-order valence-corrected chi connectivity index (χ2v) is 6.13. The number of benzene rings is 1. The lowest BCUT2D eigenvalue weighted by atomic mass is 10.1. The van der Waals surface area contributed by atoms with Crippen molar-refractivity contribution in [3.05, 3.63) is 40.8 Å². The predicted molar refractivity (Wildman–Crippen MR) is 92.5 cm³/mol. The van der Waals surface area contributed by atoms with E-state index in [1.807, 2.05) is 0 Å². The predicted octanol–water partition coefficient (Wildman–Crippen LogP) is 2.18. The summed E-state index contributed by atoms with van der Waals surface area (Å²) in [5.74, 6) is 0.204. The monoisotopic (exact) mass is 400 g/mol. The minimum Gasteiger partial charge on any atom is -0.484 e.